The lowest BCUT2D eigenvalue weighted by atomic mass is 10.1. The van der Waals surface area contributed by atoms with Crippen molar-refractivity contribution in [3.63, 3.8) is 0 Å². The van der Waals surface area contributed by atoms with Crippen molar-refractivity contribution in [2.24, 2.45) is 0 Å². The van der Waals surface area contributed by atoms with E-state index in [0.717, 1.165) is 11.3 Å². The second-order valence-electron chi connectivity index (χ2n) is 4.88. The van der Waals surface area contributed by atoms with E-state index in [1.165, 1.54) is 12.1 Å². The SMILES string of the molecule is CC(C)(O)CNC(=O)c1sc2cc(F)ccc2c1Cl. The highest BCUT2D eigenvalue weighted by atomic mass is 35.5. The van der Waals surface area contributed by atoms with Gasteiger partial charge in [0.2, 0.25) is 0 Å². The first-order chi connectivity index (χ1) is 8.78. The van der Waals surface area contributed by atoms with E-state index in [1.807, 2.05) is 0 Å². The molecule has 0 saturated heterocycles. The Hall–Kier alpha value is -1.17. The van der Waals surface area contributed by atoms with Crippen LogP contribution in [-0.4, -0.2) is 23.2 Å². The second-order valence-corrected chi connectivity index (χ2v) is 6.31. The minimum atomic E-state index is -0.995. The maximum Gasteiger partial charge on any atom is 0.263 e. The molecule has 1 aromatic carbocycles. The molecule has 0 atom stereocenters. The zero-order valence-corrected chi connectivity index (χ0v) is 12.0. The molecule has 0 radical (unpaired) electrons. The van der Waals surface area contributed by atoms with Gasteiger partial charge in [-0.05, 0) is 32.0 Å². The first kappa shape index (κ1) is 14.2. The van der Waals surface area contributed by atoms with Crippen LogP contribution in [-0.2, 0) is 0 Å². The number of rotatable bonds is 3. The Morgan fingerprint density at radius 3 is 2.84 bits per heavy atom. The number of nitrogens with one attached hydrogen (secondary N) is 1. The van der Waals surface area contributed by atoms with E-state index in [1.54, 1.807) is 19.9 Å². The molecule has 0 saturated carbocycles. The Morgan fingerprint density at radius 1 is 1.53 bits per heavy atom. The smallest absolute Gasteiger partial charge is 0.263 e. The largest absolute Gasteiger partial charge is 0.389 e. The first-order valence-corrected chi connectivity index (χ1v) is 6.85. The van der Waals surface area contributed by atoms with Crippen LogP contribution in [0.2, 0.25) is 5.02 Å². The van der Waals surface area contributed by atoms with Crippen LogP contribution in [0.1, 0.15) is 23.5 Å². The molecule has 1 aromatic heterocycles. The number of carbonyl (C=O) groups is 1. The van der Waals surface area contributed by atoms with E-state index in [9.17, 15) is 14.3 Å². The van der Waals surface area contributed by atoms with E-state index in [-0.39, 0.29) is 18.3 Å². The molecule has 0 bridgehead atoms. The molecule has 2 N–H and O–H groups in total. The van der Waals surface area contributed by atoms with Gasteiger partial charge in [-0.1, -0.05) is 11.6 Å². The average Bonchev–Trinajstić information content (AvgIpc) is 2.62. The number of halogens is 2. The van der Waals surface area contributed by atoms with Gasteiger partial charge in [-0.25, -0.2) is 4.39 Å². The van der Waals surface area contributed by atoms with Crippen molar-refractivity contribution < 1.29 is 14.3 Å². The highest BCUT2D eigenvalue weighted by molar-refractivity contribution is 7.21. The molecule has 1 amide bonds. The van der Waals surface area contributed by atoms with Gasteiger partial charge < -0.3 is 10.4 Å². The van der Waals surface area contributed by atoms with Gasteiger partial charge in [0.15, 0.2) is 0 Å². The summed E-state index contributed by atoms with van der Waals surface area (Å²) in [7, 11) is 0. The summed E-state index contributed by atoms with van der Waals surface area (Å²) in [6, 6.07) is 4.20. The van der Waals surface area contributed by atoms with Crippen LogP contribution >= 0.6 is 22.9 Å². The van der Waals surface area contributed by atoms with Gasteiger partial charge in [-0.3, -0.25) is 4.79 Å². The highest BCUT2D eigenvalue weighted by Gasteiger charge is 2.20. The molecule has 0 aliphatic heterocycles. The number of thiophene rings is 1. The molecule has 2 aromatic rings. The van der Waals surface area contributed by atoms with Crippen molar-refractivity contribution in [1.82, 2.24) is 5.32 Å². The second kappa shape index (κ2) is 5.07. The minimum absolute atomic E-state index is 0.116. The van der Waals surface area contributed by atoms with Crippen molar-refractivity contribution in [2.75, 3.05) is 6.54 Å². The van der Waals surface area contributed by atoms with Crippen LogP contribution in [0, 0.1) is 5.82 Å². The van der Waals surface area contributed by atoms with E-state index < -0.39 is 5.60 Å². The average molecular weight is 302 g/mol. The summed E-state index contributed by atoms with van der Waals surface area (Å²) >= 11 is 7.25. The molecule has 0 unspecified atom stereocenters. The van der Waals surface area contributed by atoms with Crippen LogP contribution in [0.4, 0.5) is 4.39 Å². The Balaban J connectivity index is 2.30. The molecule has 0 aliphatic rings. The third-order valence-electron chi connectivity index (χ3n) is 2.48. The third kappa shape index (κ3) is 3.23. The highest BCUT2D eigenvalue weighted by Crippen LogP contribution is 2.35. The maximum absolute atomic E-state index is 13.1. The molecule has 6 heteroatoms. The van der Waals surface area contributed by atoms with Crippen molar-refractivity contribution >= 4 is 38.9 Å². The number of hydrogen-bond donors (Lipinski definition) is 2. The van der Waals surface area contributed by atoms with E-state index in [4.69, 9.17) is 11.6 Å². The summed E-state index contributed by atoms with van der Waals surface area (Å²) in [5.74, 6) is -0.734. The zero-order valence-electron chi connectivity index (χ0n) is 10.5. The monoisotopic (exact) mass is 301 g/mol. The van der Waals surface area contributed by atoms with E-state index in [0.29, 0.717) is 20.0 Å². The first-order valence-electron chi connectivity index (χ1n) is 5.66. The van der Waals surface area contributed by atoms with Gasteiger partial charge in [0.05, 0.1) is 10.6 Å². The predicted molar refractivity (Wildman–Crippen MR) is 75.4 cm³/mol. The van der Waals surface area contributed by atoms with Gasteiger partial charge in [-0.15, -0.1) is 11.3 Å². The molecular weight excluding hydrogens is 289 g/mol. The van der Waals surface area contributed by atoms with Gasteiger partial charge in [0, 0.05) is 16.6 Å². The van der Waals surface area contributed by atoms with Gasteiger partial charge in [-0.2, -0.15) is 0 Å². The predicted octanol–water partition coefficient (Wildman–Crippen LogP) is 3.19. The molecule has 0 aliphatic carbocycles. The summed E-state index contributed by atoms with van der Waals surface area (Å²) in [6.07, 6.45) is 0. The number of hydrogen-bond acceptors (Lipinski definition) is 3. The molecular formula is C13H13ClFNO2S. The van der Waals surface area contributed by atoms with Gasteiger partial charge >= 0.3 is 0 Å². The third-order valence-corrected chi connectivity index (χ3v) is 4.14. The fourth-order valence-electron chi connectivity index (χ4n) is 1.56. The molecule has 19 heavy (non-hydrogen) atoms. The molecule has 102 valence electrons. The van der Waals surface area contributed by atoms with Crippen LogP contribution in [0.3, 0.4) is 0 Å². The van der Waals surface area contributed by atoms with E-state index >= 15 is 0 Å². The van der Waals surface area contributed by atoms with Crippen molar-refractivity contribution in [3.8, 4) is 0 Å². The normalized spacial score (nSPS) is 11.8. The molecule has 1 heterocycles. The maximum atomic E-state index is 13.1. The number of benzene rings is 1. The summed E-state index contributed by atoms with van der Waals surface area (Å²) in [4.78, 5) is 12.3. The van der Waals surface area contributed by atoms with Crippen molar-refractivity contribution in [1.29, 1.82) is 0 Å². The molecule has 3 nitrogen and oxygen atoms in total. The van der Waals surface area contributed by atoms with Crippen LogP contribution in [0.5, 0.6) is 0 Å². The quantitative estimate of drug-likeness (QED) is 0.914. The molecule has 2 rings (SSSR count). The molecule has 0 fully saturated rings. The van der Waals surface area contributed by atoms with Crippen molar-refractivity contribution in [3.05, 3.63) is 33.9 Å². The standard InChI is InChI=1S/C13H13ClFNO2S/c1-13(2,18)6-16-12(17)11-10(14)8-4-3-7(15)5-9(8)19-11/h3-5,18H,6H2,1-2H3,(H,16,17). The molecule has 0 spiro atoms. The van der Waals surface area contributed by atoms with Crippen LogP contribution < -0.4 is 5.32 Å². The Labute approximate surface area is 119 Å². The fraction of sp³-hybridized carbons (Fsp3) is 0.308. The number of fused-ring (bicyclic) bond motifs is 1. The number of aliphatic hydroxyl groups is 1. The Morgan fingerprint density at radius 2 is 2.21 bits per heavy atom. The van der Waals surface area contributed by atoms with E-state index in [2.05, 4.69) is 5.32 Å². The zero-order chi connectivity index (χ0) is 14.2. The number of amides is 1. The fourth-order valence-corrected chi connectivity index (χ4v) is 3.02. The van der Waals surface area contributed by atoms with Gasteiger partial charge in [0.25, 0.3) is 5.91 Å². The van der Waals surface area contributed by atoms with Gasteiger partial charge in [0.1, 0.15) is 10.7 Å². The summed E-state index contributed by atoms with van der Waals surface area (Å²) in [5, 5.41) is 13.1. The summed E-state index contributed by atoms with van der Waals surface area (Å²) < 4.78 is 13.7. The topological polar surface area (TPSA) is 49.3 Å². The minimum Gasteiger partial charge on any atom is -0.389 e. The lowest BCUT2D eigenvalue weighted by Crippen LogP contribution is -2.37. The number of carbonyl (C=O) groups excluding carboxylic acids is 1. The van der Waals surface area contributed by atoms with Crippen LogP contribution in [0.25, 0.3) is 10.1 Å². The Kier molecular flexibility index (Phi) is 3.80. The van der Waals surface area contributed by atoms with Crippen molar-refractivity contribution in [2.45, 2.75) is 19.4 Å². The van der Waals surface area contributed by atoms with Crippen LogP contribution in [0.15, 0.2) is 18.2 Å². The lowest BCUT2D eigenvalue weighted by Gasteiger charge is -2.17. The Bertz CT molecular complexity index is 633. The lowest BCUT2D eigenvalue weighted by molar-refractivity contribution is 0.0696. The summed E-state index contributed by atoms with van der Waals surface area (Å²) in [5.41, 5.74) is -0.995. The summed E-state index contributed by atoms with van der Waals surface area (Å²) in [6.45, 7) is 3.30.